The number of carbonyl (C=O) groups is 2. The SMILES string of the molecule is COc1cc(C(=O)OCCCCON(O)O)ccc1OC(=O)c1ccc(S(N)(=O)=O)cc1. The van der Waals surface area contributed by atoms with Crippen LogP contribution in [0.15, 0.2) is 47.4 Å². The fourth-order valence-corrected chi connectivity index (χ4v) is 2.93. The number of nitrogens with zero attached hydrogens (tertiary/aromatic N) is 1. The molecule has 174 valence electrons. The zero-order chi connectivity index (χ0) is 23.7. The second kappa shape index (κ2) is 11.5. The summed E-state index contributed by atoms with van der Waals surface area (Å²) in [6.45, 7) is 0.107. The molecule has 0 spiro atoms. The third kappa shape index (κ3) is 7.56. The van der Waals surface area contributed by atoms with E-state index in [0.29, 0.717) is 12.8 Å². The molecule has 12 nitrogen and oxygen atoms in total. The Bertz CT molecular complexity index is 1040. The van der Waals surface area contributed by atoms with Crippen molar-refractivity contribution < 1.29 is 47.5 Å². The van der Waals surface area contributed by atoms with Crippen LogP contribution in [0, 0.1) is 0 Å². The largest absolute Gasteiger partial charge is 0.493 e. The van der Waals surface area contributed by atoms with Gasteiger partial charge >= 0.3 is 11.9 Å². The van der Waals surface area contributed by atoms with E-state index in [4.69, 9.17) is 29.8 Å². The van der Waals surface area contributed by atoms with Crippen LogP contribution in [0.3, 0.4) is 0 Å². The number of esters is 2. The first kappa shape index (κ1) is 25.2. The topological polar surface area (TPSA) is 175 Å². The number of primary sulfonamides is 1. The summed E-state index contributed by atoms with van der Waals surface area (Å²) < 4.78 is 38.1. The van der Waals surface area contributed by atoms with Gasteiger partial charge in [-0.15, -0.1) is 0 Å². The molecule has 0 amide bonds. The molecule has 2 aromatic carbocycles. The summed E-state index contributed by atoms with van der Waals surface area (Å²) >= 11 is 0. The van der Waals surface area contributed by atoms with Crippen LogP contribution in [0.2, 0.25) is 0 Å². The van der Waals surface area contributed by atoms with E-state index in [1.165, 1.54) is 49.6 Å². The lowest BCUT2D eigenvalue weighted by Gasteiger charge is -2.11. The number of sulfonamides is 1. The molecular formula is C19H22N2O10S. The molecular weight excluding hydrogens is 448 g/mol. The quantitative estimate of drug-likeness (QED) is 0.188. The maximum absolute atomic E-state index is 12.3. The van der Waals surface area contributed by atoms with Gasteiger partial charge in [-0.25, -0.2) is 23.1 Å². The van der Waals surface area contributed by atoms with E-state index < -0.39 is 27.4 Å². The molecule has 0 atom stereocenters. The van der Waals surface area contributed by atoms with Crippen molar-refractivity contribution in [2.45, 2.75) is 17.7 Å². The van der Waals surface area contributed by atoms with Crippen molar-refractivity contribution >= 4 is 22.0 Å². The number of carbonyl (C=O) groups excluding carboxylic acids is 2. The molecule has 0 radical (unpaired) electrons. The van der Waals surface area contributed by atoms with Crippen LogP contribution < -0.4 is 14.6 Å². The number of unbranched alkanes of at least 4 members (excludes halogenated alkanes) is 1. The van der Waals surface area contributed by atoms with Crippen molar-refractivity contribution in [1.82, 2.24) is 5.39 Å². The van der Waals surface area contributed by atoms with Gasteiger partial charge in [-0.05, 0) is 55.3 Å². The van der Waals surface area contributed by atoms with Gasteiger partial charge in [0, 0.05) is 0 Å². The Morgan fingerprint density at radius 1 is 0.938 bits per heavy atom. The highest BCUT2D eigenvalue weighted by Crippen LogP contribution is 2.29. The Morgan fingerprint density at radius 2 is 1.56 bits per heavy atom. The standard InChI is InChI=1S/C19H22N2O10S/c1-28-17-12-14(18(22)29-10-2-3-11-30-21(24)25)6-9-16(17)31-19(23)13-4-7-15(8-5-13)32(20,26)27/h4-9,12,24-25H,2-3,10-11H2,1H3,(H2,20,26,27). The van der Waals surface area contributed by atoms with Gasteiger partial charge in [0.25, 0.3) is 0 Å². The van der Waals surface area contributed by atoms with E-state index in [1.54, 1.807) is 0 Å². The Balaban J connectivity index is 1.97. The third-order valence-corrected chi connectivity index (χ3v) is 4.93. The predicted molar refractivity (Wildman–Crippen MR) is 107 cm³/mol. The number of rotatable bonds is 11. The lowest BCUT2D eigenvalue weighted by Crippen LogP contribution is -2.15. The molecule has 2 rings (SSSR count). The minimum Gasteiger partial charge on any atom is -0.493 e. The molecule has 0 aliphatic rings. The highest BCUT2D eigenvalue weighted by molar-refractivity contribution is 7.89. The van der Waals surface area contributed by atoms with Gasteiger partial charge in [-0.1, -0.05) is 0 Å². The molecule has 0 unspecified atom stereocenters. The molecule has 0 fully saturated rings. The first-order chi connectivity index (χ1) is 15.1. The summed E-state index contributed by atoms with van der Waals surface area (Å²) in [7, 11) is -2.56. The Kier molecular flexibility index (Phi) is 9.07. The fraction of sp³-hybridized carbons (Fsp3) is 0.263. The van der Waals surface area contributed by atoms with E-state index in [1.807, 2.05) is 0 Å². The minimum atomic E-state index is -3.89. The second-order valence-corrected chi connectivity index (χ2v) is 7.81. The number of benzene rings is 2. The summed E-state index contributed by atoms with van der Waals surface area (Å²) in [5, 5.41) is 21.4. The van der Waals surface area contributed by atoms with Gasteiger partial charge in [-0.3, -0.25) is 15.3 Å². The zero-order valence-corrected chi connectivity index (χ0v) is 17.8. The Hall–Kier alpha value is -3.07. The van der Waals surface area contributed by atoms with Crippen molar-refractivity contribution in [3.63, 3.8) is 0 Å². The van der Waals surface area contributed by atoms with E-state index >= 15 is 0 Å². The van der Waals surface area contributed by atoms with Crippen LogP contribution in [0.25, 0.3) is 0 Å². The first-order valence-electron chi connectivity index (χ1n) is 9.13. The highest BCUT2D eigenvalue weighted by Gasteiger charge is 2.17. The van der Waals surface area contributed by atoms with E-state index in [2.05, 4.69) is 4.84 Å². The molecule has 4 N–H and O–H groups in total. The highest BCUT2D eigenvalue weighted by atomic mass is 32.2. The van der Waals surface area contributed by atoms with Crippen LogP contribution in [0.4, 0.5) is 0 Å². The van der Waals surface area contributed by atoms with Gasteiger partial charge in [-0.2, -0.15) is 0 Å². The summed E-state index contributed by atoms with van der Waals surface area (Å²) in [4.78, 5) is 28.7. The zero-order valence-electron chi connectivity index (χ0n) is 17.0. The van der Waals surface area contributed by atoms with E-state index in [9.17, 15) is 18.0 Å². The van der Waals surface area contributed by atoms with Crippen LogP contribution in [-0.4, -0.2) is 56.5 Å². The number of methoxy groups -OCH3 is 1. The van der Waals surface area contributed by atoms with Crippen molar-refractivity contribution in [3.8, 4) is 11.5 Å². The maximum Gasteiger partial charge on any atom is 0.343 e. The number of ether oxygens (including phenoxy) is 3. The molecule has 0 bridgehead atoms. The van der Waals surface area contributed by atoms with Gasteiger partial charge < -0.3 is 14.2 Å². The summed E-state index contributed by atoms with van der Waals surface area (Å²) in [5.74, 6) is -1.26. The average molecular weight is 470 g/mol. The molecule has 0 aliphatic heterocycles. The summed E-state index contributed by atoms with van der Waals surface area (Å²) in [6, 6.07) is 8.95. The van der Waals surface area contributed by atoms with E-state index in [-0.39, 0.29) is 40.7 Å². The first-order valence-corrected chi connectivity index (χ1v) is 10.7. The molecule has 13 heteroatoms. The third-order valence-electron chi connectivity index (χ3n) is 4.00. The molecule has 32 heavy (non-hydrogen) atoms. The van der Waals surface area contributed by atoms with Gasteiger partial charge in [0.05, 0.1) is 41.7 Å². The lowest BCUT2D eigenvalue weighted by molar-refractivity contribution is -0.492. The second-order valence-electron chi connectivity index (χ2n) is 6.25. The Morgan fingerprint density at radius 3 is 2.16 bits per heavy atom. The number of hydrogen-bond acceptors (Lipinski definition) is 11. The van der Waals surface area contributed by atoms with E-state index in [0.717, 1.165) is 0 Å². The van der Waals surface area contributed by atoms with Crippen LogP contribution in [-0.2, 0) is 19.6 Å². The predicted octanol–water partition coefficient (Wildman–Crippen LogP) is 1.51. The smallest absolute Gasteiger partial charge is 0.343 e. The average Bonchev–Trinajstić information content (AvgIpc) is 2.75. The summed E-state index contributed by atoms with van der Waals surface area (Å²) in [5.41, 5.74) is 0.240. The van der Waals surface area contributed by atoms with Gasteiger partial charge in [0.2, 0.25) is 10.0 Å². The molecule has 2 aromatic rings. The van der Waals surface area contributed by atoms with Crippen molar-refractivity contribution in [1.29, 1.82) is 0 Å². The van der Waals surface area contributed by atoms with Crippen LogP contribution in [0.5, 0.6) is 11.5 Å². The number of hydrogen-bond donors (Lipinski definition) is 3. The van der Waals surface area contributed by atoms with Crippen LogP contribution >= 0.6 is 0 Å². The normalized spacial score (nSPS) is 11.3. The summed E-state index contributed by atoms with van der Waals surface area (Å²) in [6.07, 6.45) is 0.845. The molecule has 0 saturated heterocycles. The Labute approximate surface area is 183 Å². The minimum absolute atomic E-state index is 0.0310. The fourth-order valence-electron chi connectivity index (χ4n) is 2.42. The van der Waals surface area contributed by atoms with Crippen molar-refractivity contribution in [2.24, 2.45) is 5.14 Å². The molecule has 0 heterocycles. The van der Waals surface area contributed by atoms with Gasteiger partial charge in [0.1, 0.15) is 0 Å². The molecule has 0 aromatic heterocycles. The van der Waals surface area contributed by atoms with Gasteiger partial charge in [0.15, 0.2) is 11.5 Å². The van der Waals surface area contributed by atoms with Crippen LogP contribution in [0.1, 0.15) is 33.6 Å². The maximum atomic E-state index is 12.3. The molecule has 0 saturated carbocycles. The van der Waals surface area contributed by atoms with Crippen molar-refractivity contribution in [3.05, 3.63) is 53.6 Å². The number of nitrogens with two attached hydrogens (primary N) is 1. The molecule has 0 aliphatic carbocycles. The lowest BCUT2D eigenvalue weighted by atomic mass is 10.2. The van der Waals surface area contributed by atoms with Crippen molar-refractivity contribution in [2.75, 3.05) is 20.3 Å². The monoisotopic (exact) mass is 470 g/mol.